The van der Waals surface area contributed by atoms with Crippen LogP contribution in [0.5, 0.6) is 0 Å². The molecule has 3 amide bonds. The van der Waals surface area contributed by atoms with Gasteiger partial charge in [-0.3, -0.25) is 9.69 Å². The topological polar surface area (TPSA) is 70.5 Å². The first kappa shape index (κ1) is 14.1. The number of piperidine rings is 1. The fourth-order valence-corrected chi connectivity index (χ4v) is 3.26. The van der Waals surface area contributed by atoms with E-state index in [0.29, 0.717) is 19.4 Å². The third-order valence-corrected chi connectivity index (χ3v) is 4.59. The number of amides is 3. The van der Waals surface area contributed by atoms with E-state index in [9.17, 15) is 9.59 Å². The number of likely N-dealkylation sites (N-methyl/N-ethyl adjacent to an activating group) is 1. The van der Waals surface area contributed by atoms with E-state index in [4.69, 9.17) is 0 Å². The fourth-order valence-electron chi connectivity index (χ4n) is 3.26. The van der Waals surface area contributed by atoms with E-state index in [-0.39, 0.29) is 11.9 Å². The van der Waals surface area contributed by atoms with Gasteiger partial charge < -0.3 is 14.8 Å². The largest absolute Gasteiger partial charge is 0.337 e. The van der Waals surface area contributed by atoms with E-state index in [0.717, 1.165) is 26.1 Å². The lowest BCUT2D eigenvalue weighted by atomic mass is 9.87. The molecule has 3 heterocycles. The van der Waals surface area contributed by atoms with Crippen LogP contribution in [0.25, 0.3) is 0 Å². The summed E-state index contributed by atoms with van der Waals surface area (Å²) in [6.45, 7) is 2.79. The SMILES string of the molecule is CN1C(=O)N(CCCn2ccnc2)C(=O)C12CCNCC2. The number of hydrogen-bond donors (Lipinski definition) is 1. The highest BCUT2D eigenvalue weighted by Crippen LogP contribution is 2.34. The molecule has 2 saturated heterocycles. The first-order chi connectivity index (χ1) is 10.1. The van der Waals surface area contributed by atoms with Crippen LogP contribution in [0.2, 0.25) is 0 Å². The molecule has 2 aliphatic rings. The maximum Gasteiger partial charge on any atom is 0.327 e. The Morgan fingerprint density at radius 3 is 2.71 bits per heavy atom. The third-order valence-electron chi connectivity index (χ3n) is 4.59. The van der Waals surface area contributed by atoms with Crippen molar-refractivity contribution in [1.29, 1.82) is 0 Å². The average Bonchev–Trinajstić information content (AvgIpc) is 3.08. The van der Waals surface area contributed by atoms with Gasteiger partial charge in [-0.05, 0) is 32.4 Å². The molecular weight excluding hydrogens is 270 g/mol. The molecule has 1 N–H and O–H groups in total. The maximum atomic E-state index is 12.7. The van der Waals surface area contributed by atoms with Gasteiger partial charge in [0, 0.05) is 32.5 Å². The van der Waals surface area contributed by atoms with Gasteiger partial charge in [-0.1, -0.05) is 0 Å². The van der Waals surface area contributed by atoms with Gasteiger partial charge in [-0.25, -0.2) is 9.78 Å². The predicted molar refractivity (Wildman–Crippen MR) is 76.6 cm³/mol. The second kappa shape index (κ2) is 5.48. The van der Waals surface area contributed by atoms with Crippen molar-refractivity contribution in [3.8, 4) is 0 Å². The summed E-state index contributed by atoms with van der Waals surface area (Å²) < 4.78 is 1.95. The van der Waals surface area contributed by atoms with Crippen molar-refractivity contribution in [2.75, 3.05) is 26.7 Å². The smallest absolute Gasteiger partial charge is 0.327 e. The van der Waals surface area contributed by atoms with E-state index >= 15 is 0 Å². The Labute approximate surface area is 123 Å². The minimum Gasteiger partial charge on any atom is -0.337 e. The van der Waals surface area contributed by atoms with Crippen molar-refractivity contribution in [1.82, 2.24) is 24.7 Å². The molecule has 0 bridgehead atoms. The molecule has 0 atom stereocenters. The van der Waals surface area contributed by atoms with Gasteiger partial charge in [0.1, 0.15) is 5.54 Å². The van der Waals surface area contributed by atoms with Crippen LogP contribution < -0.4 is 5.32 Å². The number of hydrogen-bond acceptors (Lipinski definition) is 4. The third kappa shape index (κ3) is 2.31. The second-order valence-electron chi connectivity index (χ2n) is 5.73. The Morgan fingerprint density at radius 1 is 1.29 bits per heavy atom. The summed E-state index contributed by atoms with van der Waals surface area (Å²) in [6, 6.07) is -0.160. The lowest BCUT2D eigenvalue weighted by molar-refractivity contribution is -0.134. The standard InChI is InChI=1S/C14H21N5O2/c1-17-13(21)19(9-2-8-18-10-7-16-11-18)12(20)14(17)3-5-15-6-4-14/h7,10-11,15H,2-6,8-9H2,1H3. The zero-order chi connectivity index (χ0) is 14.9. The average molecular weight is 291 g/mol. The van der Waals surface area contributed by atoms with Gasteiger partial charge in [0.25, 0.3) is 5.91 Å². The van der Waals surface area contributed by atoms with E-state index in [1.165, 1.54) is 4.90 Å². The monoisotopic (exact) mass is 291 g/mol. The second-order valence-corrected chi connectivity index (χ2v) is 5.73. The number of imidazole rings is 1. The van der Waals surface area contributed by atoms with Crippen molar-refractivity contribution in [2.24, 2.45) is 0 Å². The van der Waals surface area contributed by atoms with Gasteiger partial charge in [-0.15, -0.1) is 0 Å². The number of carbonyl (C=O) groups is 2. The molecule has 0 aromatic carbocycles. The highest BCUT2D eigenvalue weighted by Gasteiger charge is 2.55. The van der Waals surface area contributed by atoms with Crippen LogP contribution in [0.3, 0.4) is 0 Å². The Bertz CT molecular complexity index is 521. The Kier molecular flexibility index (Phi) is 3.67. The number of imide groups is 1. The van der Waals surface area contributed by atoms with Crippen molar-refractivity contribution in [3.05, 3.63) is 18.7 Å². The molecular formula is C14H21N5O2. The number of nitrogens with zero attached hydrogens (tertiary/aromatic N) is 4. The van der Waals surface area contributed by atoms with Crippen molar-refractivity contribution in [2.45, 2.75) is 31.3 Å². The molecule has 0 aliphatic carbocycles. The Hall–Kier alpha value is -1.89. The van der Waals surface area contributed by atoms with Crippen molar-refractivity contribution in [3.63, 3.8) is 0 Å². The number of urea groups is 1. The minimum atomic E-state index is -0.614. The van der Waals surface area contributed by atoms with Gasteiger partial charge in [-0.2, -0.15) is 0 Å². The molecule has 7 heteroatoms. The molecule has 1 aromatic heterocycles. The quantitative estimate of drug-likeness (QED) is 0.810. The fraction of sp³-hybridized carbons (Fsp3) is 0.643. The van der Waals surface area contributed by atoms with Gasteiger partial charge in [0.15, 0.2) is 0 Å². The molecule has 2 aliphatic heterocycles. The van der Waals surface area contributed by atoms with Crippen molar-refractivity contribution < 1.29 is 9.59 Å². The number of aryl methyl sites for hydroxylation is 1. The minimum absolute atomic E-state index is 0.0258. The van der Waals surface area contributed by atoms with E-state index < -0.39 is 5.54 Å². The van der Waals surface area contributed by atoms with Crippen LogP contribution >= 0.6 is 0 Å². The van der Waals surface area contributed by atoms with Crippen molar-refractivity contribution >= 4 is 11.9 Å². The molecule has 7 nitrogen and oxygen atoms in total. The summed E-state index contributed by atoms with van der Waals surface area (Å²) in [5.41, 5.74) is -0.614. The van der Waals surface area contributed by atoms with Gasteiger partial charge in [0.2, 0.25) is 0 Å². The zero-order valence-electron chi connectivity index (χ0n) is 12.3. The molecule has 1 aromatic rings. The van der Waals surface area contributed by atoms with Crippen LogP contribution in [0, 0.1) is 0 Å². The number of rotatable bonds is 4. The van der Waals surface area contributed by atoms with Crippen LogP contribution in [0.4, 0.5) is 4.79 Å². The molecule has 0 radical (unpaired) electrons. The summed E-state index contributed by atoms with van der Waals surface area (Å²) in [7, 11) is 1.75. The normalized spacial score (nSPS) is 21.6. The summed E-state index contributed by atoms with van der Waals surface area (Å²) in [5, 5.41) is 3.25. The van der Waals surface area contributed by atoms with Crippen LogP contribution in [0.15, 0.2) is 18.7 Å². The van der Waals surface area contributed by atoms with Gasteiger partial charge >= 0.3 is 6.03 Å². The maximum absolute atomic E-state index is 12.7. The summed E-state index contributed by atoms with van der Waals surface area (Å²) in [5.74, 6) is -0.0258. The number of nitrogens with one attached hydrogen (secondary N) is 1. The highest BCUT2D eigenvalue weighted by molar-refractivity contribution is 6.07. The molecule has 21 heavy (non-hydrogen) atoms. The summed E-state index contributed by atoms with van der Waals surface area (Å²) in [6.07, 6.45) is 7.50. The molecule has 0 unspecified atom stereocenters. The first-order valence-corrected chi connectivity index (χ1v) is 7.41. The van der Waals surface area contributed by atoms with E-state index in [2.05, 4.69) is 10.3 Å². The summed E-state index contributed by atoms with van der Waals surface area (Å²) in [4.78, 5) is 32.1. The zero-order valence-corrected chi connectivity index (χ0v) is 12.3. The van der Waals surface area contributed by atoms with Crippen LogP contribution in [0.1, 0.15) is 19.3 Å². The molecule has 3 rings (SSSR count). The molecule has 0 saturated carbocycles. The summed E-state index contributed by atoms with van der Waals surface area (Å²) >= 11 is 0. The molecule has 2 fully saturated rings. The number of carbonyl (C=O) groups excluding carboxylic acids is 2. The predicted octanol–water partition coefficient (Wildman–Crippen LogP) is 0.289. The highest BCUT2D eigenvalue weighted by atomic mass is 16.2. The van der Waals surface area contributed by atoms with Crippen LogP contribution in [-0.4, -0.2) is 63.5 Å². The Morgan fingerprint density at radius 2 is 2.05 bits per heavy atom. The first-order valence-electron chi connectivity index (χ1n) is 7.41. The van der Waals surface area contributed by atoms with E-state index in [1.807, 2.05) is 10.8 Å². The van der Waals surface area contributed by atoms with E-state index in [1.54, 1.807) is 24.5 Å². The lowest BCUT2D eigenvalue weighted by Crippen LogP contribution is -2.54. The molecule has 114 valence electrons. The van der Waals surface area contributed by atoms with Gasteiger partial charge in [0.05, 0.1) is 6.33 Å². The Balaban J connectivity index is 1.65. The molecule has 1 spiro atoms. The lowest BCUT2D eigenvalue weighted by Gasteiger charge is -2.36. The van der Waals surface area contributed by atoms with Crippen LogP contribution in [-0.2, 0) is 11.3 Å². The number of aromatic nitrogens is 2.